The lowest BCUT2D eigenvalue weighted by Gasteiger charge is -2.12. The number of anilines is 2. The number of ether oxygens (including phenoxy) is 1. The zero-order valence-electron chi connectivity index (χ0n) is 18.1. The molecule has 178 valence electrons. The summed E-state index contributed by atoms with van der Waals surface area (Å²) in [4.78, 5) is 20.6. The van der Waals surface area contributed by atoms with Gasteiger partial charge in [0.25, 0.3) is 15.9 Å². The Labute approximate surface area is 211 Å². The highest BCUT2D eigenvalue weighted by molar-refractivity contribution is 7.92. The number of hydrogen-bond donors (Lipinski definition) is 3. The summed E-state index contributed by atoms with van der Waals surface area (Å²) >= 11 is 17.3. The molecule has 0 aliphatic rings. The molecular formula is C21H19Cl2N5O4S2. The number of nitrogens with one attached hydrogen (secondary N) is 3. The van der Waals surface area contributed by atoms with Crippen LogP contribution in [0, 0.1) is 13.8 Å². The summed E-state index contributed by atoms with van der Waals surface area (Å²) in [6.07, 6.45) is 0. The summed E-state index contributed by atoms with van der Waals surface area (Å²) < 4.78 is 32.7. The lowest BCUT2D eigenvalue weighted by atomic mass is 10.2. The van der Waals surface area contributed by atoms with Gasteiger partial charge in [0.05, 0.1) is 22.1 Å². The fourth-order valence-electron chi connectivity index (χ4n) is 2.89. The van der Waals surface area contributed by atoms with Crippen molar-refractivity contribution >= 4 is 68.1 Å². The van der Waals surface area contributed by atoms with Crippen molar-refractivity contribution in [1.29, 1.82) is 0 Å². The third-order valence-corrected chi connectivity index (χ3v) is 6.43. The number of carbonyl (C=O) groups is 1. The second kappa shape index (κ2) is 10.5. The molecule has 0 aliphatic heterocycles. The fourth-order valence-corrected chi connectivity index (χ4v) is 4.69. The highest BCUT2D eigenvalue weighted by Crippen LogP contribution is 2.33. The van der Waals surface area contributed by atoms with E-state index in [1.165, 1.54) is 43.5 Å². The third-order valence-electron chi connectivity index (χ3n) is 4.32. The fraction of sp³-hybridized carbons (Fsp3) is 0.143. The minimum Gasteiger partial charge on any atom is -0.494 e. The molecule has 1 aromatic heterocycles. The van der Waals surface area contributed by atoms with Gasteiger partial charge in [0.15, 0.2) is 10.9 Å². The van der Waals surface area contributed by atoms with E-state index in [1.54, 1.807) is 19.9 Å². The molecule has 3 aromatic rings. The van der Waals surface area contributed by atoms with E-state index in [-0.39, 0.29) is 37.3 Å². The van der Waals surface area contributed by atoms with Crippen LogP contribution in [-0.2, 0) is 10.0 Å². The van der Waals surface area contributed by atoms with Crippen LogP contribution in [-0.4, -0.2) is 36.5 Å². The van der Waals surface area contributed by atoms with Crippen LogP contribution in [0.1, 0.15) is 21.7 Å². The molecule has 3 rings (SSSR count). The predicted molar refractivity (Wildman–Crippen MR) is 135 cm³/mol. The van der Waals surface area contributed by atoms with Crippen molar-refractivity contribution in [2.75, 3.05) is 17.1 Å². The summed E-state index contributed by atoms with van der Waals surface area (Å²) in [6.45, 7) is 3.49. The van der Waals surface area contributed by atoms with Gasteiger partial charge >= 0.3 is 0 Å². The number of aromatic nitrogens is 2. The number of thiocarbonyl (C=S) groups is 1. The van der Waals surface area contributed by atoms with Crippen LogP contribution in [0.4, 0.5) is 11.6 Å². The molecule has 0 unspecified atom stereocenters. The van der Waals surface area contributed by atoms with Crippen LogP contribution in [0.5, 0.6) is 5.75 Å². The number of carbonyl (C=O) groups excluding carboxylic acids is 1. The SMILES string of the molecule is COc1c(Cl)cc(C(=O)NC(=S)Nc2ccc(S(=O)(=O)Nc3nc(C)cc(C)n3)cc2)cc1Cl. The molecule has 13 heteroatoms. The maximum atomic E-state index is 12.6. The van der Waals surface area contributed by atoms with Crippen molar-refractivity contribution in [2.24, 2.45) is 0 Å². The zero-order chi connectivity index (χ0) is 25.0. The van der Waals surface area contributed by atoms with Crippen molar-refractivity contribution in [3.8, 4) is 5.75 Å². The monoisotopic (exact) mass is 539 g/mol. The van der Waals surface area contributed by atoms with Gasteiger partial charge < -0.3 is 10.1 Å². The minimum absolute atomic E-state index is 0.00159. The first-order valence-corrected chi connectivity index (χ1v) is 12.2. The average Bonchev–Trinajstić information content (AvgIpc) is 2.72. The zero-order valence-corrected chi connectivity index (χ0v) is 21.3. The third kappa shape index (κ3) is 6.32. The maximum absolute atomic E-state index is 12.6. The van der Waals surface area contributed by atoms with E-state index in [4.69, 9.17) is 40.2 Å². The average molecular weight is 540 g/mol. The Morgan fingerprint density at radius 3 is 2.09 bits per heavy atom. The topological polar surface area (TPSA) is 122 Å². The van der Waals surface area contributed by atoms with E-state index in [0.717, 1.165) is 0 Å². The number of amides is 1. The van der Waals surface area contributed by atoms with Gasteiger partial charge in [0, 0.05) is 22.6 Å². The van der Waals surface area contributed by atoms with Crippen LogP contribution in [0.2, 0.25) is 10.0 Å². The van der Waals surface area contributed by atoms with Gasteiger partial charge in [-0.3, -0.25) is 10.1 Å². The number of methoxy groups -OCH3 is 1. The summed E-state index contributed by atoms with van der Waals surface area (Å²) in [5, 5.41) is 5.65. The Hall–Kier alpha value is -2.99. The highest BCUT2D eigenvalue weighted by Gasteiger charge is 2.17. The molecule has 2 aromatic carbocycles. The first-order chi connectivity index (χ1) is 16.0. The number of rotatable bonds is 6. The largest absolute Gasteiger partial charge is 0.494 e. The van der Waals surface area contributed by atoms with Gasteiger partial charge in [-0.15, -0.1) is 0 Å². The van der Waals surface area contributed by atoms with E-state index < -0.39 is 15.9 Å². The quantitative estimate of drug-likeness (QED) is 0.395. The normalized spacial score (nSPS) is 11.0. The Kier molecular flexibility index (Phi) is 7.93. The smallest absolute Gasteiger partial charge is 0.264 e. The van der Waals surface area contributed by atoms with E-state index >= 15 is 0 Å². The molecule has 34 heavy (non-hydrogen) atoms. The Bertz CT molecular complexity index is 1320. The molecule has 0 bridgehead atoms. The second-order valence-electron chi connectivity index (χ2n) is 6.99. The van der Waals surface area contributed by atoms with E-state index in [2.05, 4.69) is 25.3 Å². The summed E-state index contributed by atoms with van der Waals surface area (Å²) in [6, 6.07) is 10.3. The minimum atomic E-state index is -3.90. The first-order valence-electron chi connectivity index (χ1n) is 9.59. The van der Waals surface area contributed by atoms with Gasteiger partial charge in [0.2, 0.25) is 5.95 Å². The molecule has 0 saturated carbocycles. The highest BCUT2D eigenvalue weighted by atomic mass is 35.5. The maximum Gasteiger partial charge on any atom is 0.264 e. The van der Waals surface area contributed by atoms with Gasteiger partial charge in [-0.25, -0.2) is 23.1 Å². The van der Waals surface area contributed by atoms with Crippen molar-refractivity contribution in [3.63, 3.8) is 0 Å². The van der Waals surface area contributed by atoms with Crippen molar-refractivity contribution < 1.29 is 17.9 Å². The van der Waals surface area contributed by atoms with Crippen molar-refractivity contribution in [2.45, 2.75) is 18.7 Å². The van der Waals surface area contributed by atoms with Gasteiger partial charge in [0.1, 0.15) is 0 Å². The van der Waals surface area contributed by atoms with Crippen LogP contribution in [0.15, 0.2) is 47.4 Å². The molecule has 0 atom stereocenters. The Balaban J connectivity index is 1.66. The summed E-state index contributed by atoms with van der Waals surface area (Å²) in [5.74, 6) is -0.294. The molecule has 1 amide bonds. The molecule has 1 heterocycles. The van der Waals surface area contributed by atoms with Crippen LogP contribution in [0.3, 0.4) is 0 Å². The Morgan fingerprint density at radius 1 is 1.00 bits per heavy atom. The summed E-state index contributed by atoms with van der Waals surface area (Å²) in [5.41, 5.74) is 1.91. The lowest BCUT2D eigenvalue weighted by molar-refractivity contribution is 0.0977. The molecule has 9 nitrogen and oxygen atoms in total. The predicted octanol–water partition coefficient (Wildman–Crippen LogP) is 4.34. The number of nitrogens with zero attached hydrogens (tertiary/aromatic N) is 2. The van der Waals surface area contributed by atoms with Crippen molar-refractivity contribution in [1.82, 2.24) is 15.3 Å². The van der Waals surface area contributed by atoms with E-state index in [1.807, 2.05) is 0 Å². The molecule has 0 fully saturated rings. The molecule has 0 radical (unpaired) electrons. The Morgan fingerprint density at radius 2 is 1.56 bits per heavy atom. The van der Waals surface area contributed by atoms with Crippen LogP contribution < -0.4 is 20.1 Å². The van der Waals surface area contributed by atoms with Crippen LogP contribution >= 0.6 is 35.4 Å². The molecule has 0 aliphatic carbocycles. The number of halogens is 2. The number of sulfonamides is 1. The standard InChI is InChI=1S/C21H19Cl2N5O4S2/c1-11-8-12(2)25-20(24-11)28-34(30,31)15-6-4-14(5-7-15)26-21(33)27-19(29)13-9-16(22)18(32-3)17(23)10-13/h4-10H,1-3H3,(H,24,25,28)(H2,26,27,29,33). The first kappa shape index (κ1) is 25.6. The van der Waals surface area contributed by atoms with E-state index in [0.29, 0.717) is 17.1 Å². The van der Waals surface area contributed by atoms with Crippen LogP contribution in [0.25, 0.3) is 0 Å². The molecule has 0 spiro atoms. The van der Waals surface area contributed by atoms with Gasteiger partial charge in [-0.05, 0) is 68.5 Å². The van der Waals surface area contributed by atoms with Crippen molar-refractivity contribution in [3.05, 3.63) is 69.5 Å². The second-order valence-corrected chi connectivity index (χ2v) is 9.89. The number of benzene rings is 2. The van der Waals surface area contributed by atoms with Gasteiger partial charge in [-0.2, -0.15) is 0 Å². The summed E-state index contributed by atoms with van der Waals surface area (Å²) in [7, 11) is -2.49. The molecule has 3 N–H and O–H groups in total. The number of hydrogen-bond acceptors (Lipinski definition) is 7. The number of aryl methyl sites for hydroxylation is 2. The molecule has 0 saturated heterocycles. The van der Waals surface area contributed by atoms with E-state index in [9.17, 15) is 13.2 Å². The lowest BCUT2D eigenvalue weighted by Crippen LogP contribution is -2.34. The van der Waals surface area contributed by atoms with Gasteiger partial charge in [-0.1, -0.05) is 23.2 Å². The molecular weight excluding hydrogens is 521 g/mol.